The second-order valence-corrected chi connectivity index (χ2v) is 8.53. The fourth-order valence-electron chi connectivity index (χ4n) is 2.63. The Morgan fingerprint density at radius 1 is 0.864 bits per heavy atom. The Bertz CT molecular complexity index is 731. The lowest BCUT2D eigenvalue weighted by Crippen LogP contribution is -2.34. The minimum Gasteiger partial charge on any atom is -0.268 e. The lowest BCUT2D eigenvalue weighted by molar-refractivity contribution is 0.0715. The number of carbonyl (C=O) groups excluding carboxylic acids is 2. The minimum atomic E-state index is -1.37. The molecule has 0 fully saturated rings. The number of amides is 2. The summed E-state index contributed by atoms with van der Waals surface area (Å²) in [6.07, 6.45) is 1.97. The number of rotatable bonds is 3. The second-order valence-electron chi connectivity index (χ2n) is 5.63. The molecular formula is C18H17NO2Si. The van der Waals surface area contributed by atoms with Gasteiger partial charge >= 0.3 is 0 Å². The maximum atomic E-state index is 12.6. The molecule has 2 amide bonds. The van der Waals surface area contributed by atoms with E-state index in [1.807, 2.05) is 36.4 Å². The molecule has 2 aromatic rings. The molecular weight excluding hydrogens is 290 g/mol. The van der Waals surface area contributed by atoms with Crippen LogP contribution in [-0.4, -0.2) is 25.5 Å². The maximum Gasteiger partial charge on any atom is 0.265 e. The Hall–Kier alpha value is -2.46. The molecule has 1 aliphatic rings. The second kappa shape index (κ2) is 5.73. The predicted molar refractivity (Wildman–Crippen MR) is 90.2 cm³/mol. The van der Waals surface area contributed by atoms with Gasteiger partial charge in [-0.05, 0) is 23.8 Å². The van der Waals surface area contributed by atoms with E-state index in [1.54, 1.807) is 24.3 Å². The van der Waals surface area contributed by atoms with E-state index in [1.165, 1.54) is 4.90 Å². The third-order valence-corrected chi connectivity index (χ3v) is 5.37. The Balaban J connectivity index is 2.07. The third kappa shape index (κ3) is 2.42. The van der Waals surface area contributed by atoms with Crippen molar-refractivity contribution >= 4 is 26.7 Å². The van der Waals surface area contributed by atoms with Gasteiger partial charge < -0.3 is 0 Å². The molecule has 3 rings (SSSR count). The highest BCUT2D eigenvalue weighted by Crippen LogP contribution is 2.28. The molecule has 22 heavy (non-hydrogen) atoms. The molecule has 1 aliphatic heterocycles. The van der Waals surface area contributed by atoms with Gasteiger partial charge in [0.05, 0.1) is 19.9 Å². The number of fused-ring (bicyclic) bond motifs is 1. The van der Waals surface area contributed by atoms with Gasteiger partial charge in [0, 0.05) is 5.32 Å². The standard InChI is InChI=1S/C18H17NO2Si/c1-22(2)16(12-13-8-4-3-5-9-13)19-17(20)14-10-6-7-11-15(14)18(19)21/h3-12,22H,1-2H3/b16-12-. The van der Waals surface area contributed by atoms with E-state index in [-0.39, 0.29) is 11.8 Å². The van der Waals surface area contributed by atoms with Gasteiger partial charge in [-0.3, -0.25) is 14.5 Å². The summed E-state index contributed by atoms with van der Waals surface area (Å²) in [5.74, 6) is -0.409. The highest BCUT2D eigenvalue weighted by Gasteiger charge is 2.38. The smallest absolute Gasteiger partial charge is 0.265 e. The zero-order chi connectivity index (χ0) is 15.7. The van der Waals surface area contributed by atoms with Crippen molar-refractivity contribution in [1.29, 1.82) is 0 Å². The molecule has 4 heteroatoms. The van der Waals surface area contributed by atoms with E-state index in [0.717, 1.165) is 10.9 Å². The molecule has 0 saturated carbocycles. The molecule has 0 atom stereocenters. The number of imide groups is 1. The highest BCUT2D eigenvalue weighted by molar-refractivity contribution is 6.65. The van der Waals surface area contributed by atoms with Gasteiger partial charge in [0.2, 0.25) is 0 Å². The average Bonchev–Trinajstić information content (AvgIpc) is 2.78. The molecule has 0 aromatic heterocycles. The quantitative estimate of drug-likeness (QED) is 0.644. The van der Waals surface area contributed by atoms with E-state index in [4.69, 9.17) is 0 Å². The highest BCUT2D eigenvalue weighted by atomic mass is 28.3. The SMILES string of the molecule is C[SiH](C)/C(=C\c1ccccc1)N1C(=O)c2ccccc2C1=O. The molecule has 3 nitrogen and oxygen atoms in total. The van der Waals surface area contributed by atoms with Crippen LogP contribution >= 0.6 is 0 Å². The molecule has 110 valence electrons. The molecule has 0 spiro atoms. The Morgan fingerprint density at radius 3 is 1.86 bits per heavy atom. The van der Waals surface area contributed by atoms with Crippen LogP contribution in [0.3, 0.4) is 0 Å². The number of carbonyl (C=O) groups is 2. The van der Waals surface area contributed by atoms with E-state index in [0.29, 0.717) is 11.1 Å². The first-order chi connectivity index (χ1) is 10.6. The van der Waals surface area contributed by atoms with E-state index < -0.39 is 8.80 Å². The van der Waals surface area contributed by atoms with Crippen LogP contribution in [0, 0.1) is 0 Å². The lowest BCUT2D eigenvalue weighted by atomic mass is 10.1. The van der Waals surface area contributed by atoms with Gasteiger partial charge in [0.15, 0.2) is 0 Å². The van der Waals surface area contributed by atoms with Gasteiger partial charge in [-0.15, -0.1) is 0 Å². The summed E-state index contributed by atoms with van der Waals surface area (Å²) in [5, 5.41) is 0.859. The van der Waals surface area contributed by atoms with Crippen LogP contribution in [0.1, 0.15) is 26.3 Å². The fourth-order valence-corrected chi connectivity index (χ4v) is 3.91. The Labute approximate surface area is 131 Å². The van der Waals surface area contributed by atoms with Crippen molar-refractivity contribution in [2.45, 2.75) is 13.1 Å². The van der Waals surface area contributed by atoms with Crippen LogP contribution in [0.4, 0.5) is 0 Å². The Kier molecular flexibility index (Phi) is 3.77. The van der Waals surface area contributed by atoms with Crippen LogP contribution < -0.4 is 0 Å². The summed E-state index contributed by atoms with van der Waals surface area (Å²) < 4.78 is 0. The monoisotopic (exact) mass is 307 g/mol. The van der Waals surface area contributed by atoms with Gasteiger partial charge in [-0.2, -0.15) is 0 Å². The molecule has 0 unspecified atom stereocenters. The topological polar surface area (TPSA) is 37.4 Å². The van der Waals surface area contributed by atoms with Crippen LogP contribution in [0.2, 0.25) is 13.1 Å². The van der Waals surface area contributed by atoms with Crippen molar-refractivity contribution in [2.24, 2.45) is 0 Å². The lowest BCUT2D eigenvalue weighted by Gasteiger charge is -2.21. The molecule has 0 bridgehead atoms. The van der Waals surface area contributed by atoms with Gasteiger partial charge in [-0.1, -0.05) is 55.6 Å². The first kappa shape index (κ1) is 14.5. The minimum absolute atomic E-state index is 0.205. The average molecular weight is 307 g/mol. The third-order valence-electron chi connectivity index (χ3n) is 3.76. The van der Waals surface area contributed by atoms with Crippen molar-refractivity contribution in [3.05, 3.63) is 76.6 Å². The molecule has 0 radical (unpaired) electrons. The predicted octanol–water partition coefficient (Wildman–Crippen LogP) is 3.35. The van der Waals surface area contributed by atoms with Gasteiger partial charge in [0.25, 0.3) is 11.8 Å². The van der Waals surface area contributed by atoms with Crippen molar-refractivity contribution < 1.29 is 9.59 Å². The van der Waals surface area contributed by atoms with E-state index in [2.05, 4.69) is 13.1 Å². The first-order valence-corrected chi connectivity index (χ1v) is 10.2. The van der Waals surface area contributed by atoms with Crippen molar-refractivity contribution in [3.63, 3.8) is 0 Å². The Morgan fingerprint density at radius 2 is 1.36 bits per heavy atom. The van der Waals surface area contributed by atoms with Crippen molar-refractivity contribution in [2.75, 3.05) is 0 Å². The number of hydrogen-bond acceptors (Lipinski definition) is 2. The van der Waals surface area contributed by atoms with Gasteiger partial charge in [-0.25, -0.2) is 0 Å². The molecule has 0 aliphatic carbocycles. The van der Waals surface area contributed by atoms with Crippen LogP contribution in [-0.2, 0) is 0 Å². The van der Waals surface area contributed by atoms with Crippen LogP contribution in [0.15, 0.2) is 59.9 Å². The first-order valence-electron chi connectivity index (χ1n) is 7.34. The van der Waals surface area contributed by atoms with Crippen molar-refractivity contribution in [3.8, 4) is 0 Å². The fraction of sp³-hybridized carbons (Fsp3) is 0.111. The molecule has 1 heterocycles. The summed E-state index contributed by atoms with van der Waals surface area (Å²) in [5.41, 5.74) is 2.01. The summed E-state index contributed by atoms with van der Waals surface area (Å²) in [4.78, 5) is 26.6. The van der Waals surface area contributed by atoms with E-state index in [9.17, 15) is 9.59 Å². The zero-order valence-electron chi connectivity index (χ0n) is 12.6. The summed E-state index contributed by atoms with van der Waals surface area (Å²) in [6, 6.07) is 16.8. The van der Waals surface area contributed by atoms with Crippen LogP contribution in [0.25, 0.3) is 6.08 Å². The maximum absolute atomic E-state index is 12.6. The summed E-state index contributed by atoms with van der Waals surface area (Å²) in [6.45, 7) is 4.25. The van der Waals surface area contributed by atoms with E-state index >= 15 is 0 Å². The molecule has 0 N–H and O–H groups in total. The molecule has 2 aromatic carbocycles. The zero-order valence-corrected chi connectivity index (χ0v) is 13.8. The summed E-state index contributed by atoms with van der Waals surface area (Å²) in [7, 11) is -1.37. The normalized spacial score (nSPS) is 14.7. The molecule has 0 saturated heterocycles. The largest absolute Gasteiger partial charge is 0.268 e. The van der Waals surface area contributed by atoms with Crippen molar-refractivity contribution in [1.82, 2.24) is 4.90 Å². The van der Waals surface area contributed by atoms with Crippen LogP contribution in [0.5, 0.6) is 0 Å². The number of hydrogen-bond donors (Lipinski definition) is 0. The number of nitrogens with zero attached hydrogens (tertiary/aromatic N) is 1. The number of benzene rings is 2. The summed E-state index contributed by atoms with van der Waals surface area (Å²) >= 11 is 0. The van der Waals surface area contributed by atoms with Gasteiger partial charge in [0.1, 0.15) is 0 Å².